The maximum Gasteiger partial charge on any atom is 0.161 e. The molecule has 0 heterocycles. The maximum atomic E-state index is 10.5. The molecule has 0 radical (unpaired) electrons. The van der Waals surface area contributed by atoms with Crippen molar-refractivity contribution in [1.82, 2.24) is 4.90 Å². The van der Waals surface area contributed by atoms with Crippen molar-refractivity contribution in [1.29, 1.82) is 0 Å². The Morgan fingerprint density at radius 1 is 1.00 bits per heavy atom. The monoisotopic (exact) mass is 421 g/mol. The summed E-state index contributed by atoms with van der Waals surface area (Å²) in [6, 6.07) is 13.1. The van der Waals surface area contributed by atoms with Crippen LogP contribution in [-0.2, 0) is 6.54 Å². The number of methoxy groups -OCH3 is 2. The highest BCUT2D eigenvalue weighted by atomic mass is 35.5. The number of halogens is 1. The van der Waals surface area contributed by atoms with Gasteiger partial charge < -0.3 is 19.3 Å². The molecule has 0 aromatic heterocycles. The number of hydrogen-bond donors (Lipinski definition) is 1. The fourth-order valence-corrected chi connectivity index (χ4v) is 3.11. The molecule has 1 N–H and O–H groups in total. The van der Waals surface area contributed by atoms with E-state index in [1.807, 2.05) is 18.2 Å². The van der Waals surface area contributed by atoms with Crippen LogP contribution in [-0.4, -0.2) is 50.0 Å². The summed E-state index contributed by atoms with van der Waals surface area (Å²) in [7, 11) is 3.26. The first-order valence-electron chi connectivity index (χ1n) is 9.91. The molecule has 1 atom stereocenters. The fourth-order valence-electron chi connectivity index (χ4n) is 2.99. The predicted octanol–water partition coefficient (Wildman–Crippen LogP) is 4.65. The number of benzene rings is 2. The molecule has 0 spiro atoms. The molecule has 0 saturated heterocycles. The fraction of sp³-hybridized carbons (Fsp3) is 0.478. The molecule has 5 nitrogen and oxygen atoms in total. The Morgan fingerprint density at radius 3 is 2.31 bits per heavy atom. The number of aliphatic hydroxyl groups is 1. The van der Waals surface area contributed by atoms with Crippen molar-refractivity contribution in [3.63, 3.8) is 0 Å². The van der Waals surface area contributed by atoms with Gasteiger partial charge in [0.25, 0.3) is 0 Å². The molecule has 0 fully saturated rings. The third-order valence-corrected chi connectivity index (χ3v) is 4.85. The summed E-state index contributed by atoms with van der Waals surface area (Å²) < 4.78 is 16.4. The van der Waals surface area contributed by atoms with E-state index in [4.69, 9.17) is 25.8 Å². The van der Waals surface area contributed by atoms with E-state index in [-0.39, 0.29) is 6.61 Å². The zero-order chi connectivity index (χ0) is 21.2. The van der Waals surface area contributed by atoms with Crippen LogP contribution in [0.15, 0.2) is 42.5 Å². The standard InChI is InChI=1S/C23H32ClNO4/c1-17(2)11-12-25(14-18-5-10-22(27-3)23(13-18)28-4)15-20(26)16-29-21-8-6-19(24)7-9-21/h5-10,13,17,20,26H,11-12,14-16H2,1-4H3/t20-/m0/s1. The van der Waals surface area contributed by atoms with Crippen LogP contribution in [0.1, 0.15) is 25.8 Å². The lowest BCUT2D eigenvalue weighted by molar-refractivity contribution is 0.0639. The van der Waals surface area contributed by atoms with Gasteiger partial charge in [0.1, 0.15) is 18.5 Å². The quantitative estimate of drug-likeness (QED) is 0.540. The van der Waals surface area contributed by atoms with E-state index >= 15 is 0 Å². The second-order valence-corrected chi connectivity index (χ2v) is 7.96. The Hall–Kier alpha value is -1.95. The van der Waals surface area contributed by atoms with Crippen molar-refractivity contribution in [3.05, 3.63) is 53.1 Å². The minimum absolute atomic E-state index is 0.228. The summed E-state index contributed by atoms with van der Waals surface area (Å²) in [5, 5.41) is 11.2. The normalized spacial score (nSPS) is 12.3. The van der Waals surface area contributed by atoms with Crippen LogP contribution in [0.4, 0.5) is 0 Å². The predicted molar refractivity (Wildman–Crippen MR) is 117 cm³/mol. The Kier molecular flexibility index (Phi) is 9.58. The third kappa shape index (κ3) is 8.13. The van der Waals surface area contributed by atoms with E-state index in [0.717, 1.165) is 18.5 Å². The van der Waals surface area contributed by atoms with E-state index in [1.165, 1.54) is 0 Å². The van der Waals surface area contributed by atoms with Crippen molar-refractivity contribution in [2.75, 3.05) is 33.9 Å². The average molecular weight is 422 g/mol. The molecule has 2 rings (SSSR count). The van der Waals surface area contributed by atoms with E-state index in [0.29, 0.717) is 41.3 Å². The number of aliphatic hydroxyl groups excluding tert-OH is 1. The van der Waals surface area contributed by atoms with Crippen LogP contribution in [0.3, 0.4) is 0 Å². The van der Waals surface area contributed by atoms with Crippen molar-refractivity contribution in [3.8, 4) is 17.2 Å². The number of hydrogen-bond acceptors (Lipinski definition) is 5. The zero-order valence-electron chi connectivity index (χ0n) is 17.7. The highest BCUT2D eigenvalue weighted by molar-refractivity contribution is 6.30. The van der Waals surface area contributed by atoms with Gasteiger partial charge >= 0.3 is 0 Å². The first kappa shape index (κ1) is 23.3. The Balaban J connectivity index is 1.98. The van der Waals surface area contributed by atoms with Crippen LogP contribution in [0.5, 0.6) is 17.2 Å². The SMILES string of the molecule is COc1ccc(CN(CCC(C)C)C[C@H](O)COc2ccc(Cl)cc2)cc1OC. The largest absolute Gasteiger partial charge is 0.493 e. The summed E-state index contributed by atoms with van der Waals surface area (Å²) >= 11 is 5.89. The molecule has 0 saturated carbocycles. The molecule has 0 aliphatic heterocycles. The van der Waals surface area contributed by atoms with Crippen LogP contribution in [0, 0.1) is 5.92 Å². The van der Waals surface area contributed by atoms with Gasteiger partial charge in [0, 0.05) is 18.1 Å². The molecular weight excluding hydrogens is 390 g/mol. The second-order valence-electron chi connectivity index (χ2n) is 7.53. The van der Waals surface area contributed by atoms with Crippen molar-refractivity contribution < 1.29 is 19.3 Å². The summed E-state index contributed by atoms with van der Waals surface area (Å²) in [4.78, 5) is 2.25. The lowest BCUT2D eigenvalue weighted by Gasteiger charge is -2.26. The van der Waals surface area contributed by atoms with Crippen LogP contribution in [0.2, 0.25) is 5.02 Å². The van der Waals surface area contributed by atoms with Gasteiger partial charge in [-0.1, -0.05) is 31.5 Å². The molecule has 6 heteroatoms. The molecule has 0 aliphatic carbocycles. The van der Waals surface area contributed by atoms with Gasteiger partial charge in [-0.3, -0.25) is 4.90 Å². The second kappa shape index (κ2) is 11.9. The lowest BCUT2D eigenvalue weighted by Crippen LogP contribution is -2.36. The van der Waals surface area contributed by atoms with Gasteiger partial charge in [-0.15, -0.1) is 0 Å². The number of nitrogens with zero attached hydrogens (tertiary/aromatic N) is 1. The van der Waals surface area contributed by atoms with Gasteiger partial charge in [-0.05, 0) is 60.8 Å². The molecule has 0 bridgehead atoms. The van der Waals surface area contributed by atoms with Crippen LogP contribution < -0.4 is 14.2 Å². The molecule has 29 heavy (non-hydrogen) atoms. The first-order chi connectivity index (χ1) is 13.9. The lowest BCUT2D eigenvalue weighted by atomic mass is 10.1. The molecule has 2 aromatic rings. The zero-order valence-corrected chi connectivity index (χ0v) is 18.5. The first-order valence-corrected chi connectivity index (χ1v) is 10.3. The third-order valence-electron chi connectivity index (χ3n) is 4.60. The number of ether oxygens (including phenoxy) is 3. The van der Waals surface area contributed by atoms with Gasteiger partial charge in [0.05, 0.1) is 14.2 Å². The molecule has 2 aromatic carbocycles. The highest BCUT2D eigenvalue weighted by Gasteiger charge is 2.15. The smallest absolute Gasteiger partial charge is 0.161 e. The molecule has 0 unspecified atom stereocenters. The Morgan fingerprint density at radius 2 is 1.69 bits per heavy atom. The van der Waals surface area contributed by atoms with E-state index in [9.17, 15) is 5.11 Å². The van der Waals surface area contributed by atoms with Crippen molar-refractivity contribution in [2.24, 2.45) is 5.92 Å². The van der Waals surface area contributed by atoms with Crippen LogP contribution in [0.25, 0.3) is 0 Å². The van der Waals surface area contributed by atoms with Crippen molar-refractivity contribution >= 4 is 11.6 Å². The van der Waals surface area contributed by atoms with Gasteiger partial charge in [-0.2, -0.15) is 0 Å². The highest BCUT2D eigenvalue weighted by Crippen LogP contribution is 2.28. The van der Waals surface area contributed by atoms with Crippen molar-refractivity contribution in [2.45, 2.75) is 32.9 Å². The van der Waals surface area contributed by atoms with Gasteiger partial charge in [0.15, 0.2) is 11.5 Å². The molecular formula is C23H32ClNO4. The minimum atomic E-state index is -0.599. The summed E-state index contributed by atoms with van der Waals surface area (Å²) in [6.07, 6.45) is 0.455. The Bertz CT molecular complexity index is 736. The molecule has 0 aliphatic rings. The average Bonchev–Trinajstić information content (AvgIpc) is 2.71. The van der Waals surface area contributed by atoms with E-state index < -0.39 is 6.10 Å². The van der Waals surface area contributed by atoms with E-state index in [1.54, 1.807) is 38.5 Å². The Labute approximate surface area is 179 Å². The van der Waals surface area contributed by atoms with Crippen LogP contribution >= 0.6 is 11.6 Å². The van der Waals surface area contributed by atoms with Gasteiger partial charge in [-0.25, -0.2) is 0 Å². The molecule has 0 amide bonds. The summed E-state index contributed by atoms with van der Waals surface area (Å²) in [5.74, 6) is 2.70. The maximum absolute atomic E-state index is 10.5. The summed E-state index contributed by atoms with van der Waals surface area (Å²) in [6.45, 7) is 6.76. The summed E-state index contributed by atoms with van der Waals surface area (Å²) in [5.41, 5.74) is 1.11. The molecule has 160 valence electrons. The van der Waals surface area contributed by atoms with E-state index in [2.05, 4.69) is 18.7 Å². The minimum Gasteiger partial charge on any atom is -0.493 e. The number of rotatable bonds is 12. The van der Waals surface area contributed by atoms with Gasteiger partial charge in [0.2, 0.25) is 0 Å². The topological polar surface area (TPSA) is 51.2 Å².